The van der Waals surface area contributed by atoms with Crippen LogP contribution < -0.4 is 0 Å². The number of carbonyl (C=O) groups is 2. The van der Waals surface area contributed by atoms with E-state index in [1.807, 2.05) is 0 Å². The van der Waals surface area contributed by atoms with Gasteiger partial charge in [0, 0.05) is 12.2 Å². The summed E-state index contributed by atoms with van der Waals surface area (Å²) < 4.78 is 3.97. The third-order valence-corrected chi connectivity index (χ3v) is 0.557. The van der Waals surface area contributed by atoms with Crippen LogP contribution in [0.15, 0.2) is 12.2 Å². The predicted molar refractivity (Wildman–Crippen MR) is 30.2 cm³/mol. The van der Waals surface area contributed by atoms with E-state index < -0.39 is 11.9 Å². The molecule has 1 heterocycles. The van der Waals surface area contributed by atoms with E-state index in [1.54, 1.807) is 0 Å². The van der Waals surface area contributed by atoms with Crippen LogP contribution in [-0.4, -0.2) is 29.3 Å². The summed E-state index contributed by atoms with van der Waals surface area (Å²) in [4.78, 5) is 19.8. The zero-order valence-electron chi connectivity index (χ0n) is 3.38. The van der Waals surface area contributed by atoms with E-state index in [9.17, 15) is 9.59 Å². The molecule has 1 aliphatic rings. The number of carbonyl (C=O) groups excluding carboxylic acids is 2. The molecule has 1 rings (SSSR count). The molecule has 0 unspecified atom stereocenters. The van der Waals surface area contributed by atoms with Crippen LogP contribution in [0.2, 0.25) is 0 Å². The highest BCUT2D eigenvalue weighted by Gasteiger charge is 2.10. The Kier molecular flexibility index (Phi) is 2.46. The Morgan fingerprint density at radius 1 is 1.12 bits per heavy atom. The van der Waals surface area contributed by atoms with Crippen LogP contribution in [0.5, 0.6) is 0 Å². The summed E-state index contributed by atoms with van der Waals surface area (Å²) in [6.45, 7) is 0. The zero-order valence-corrected chi connectivity index (χ0v) is 3.38. The molecule has 0 fully saturated rings. The van der Waals surface area contributed by atoms with Crippen molar-refractivity contribution in [2.45, 2.75) is 0 Å². The maximum atomic E-state index is 9.92. The van der Waals surface area contributed by atoms with Crippen LogP contribution in [0.25, 0.3) is 0 Å². The van der Waals surface area contributed by atoms with Gasteiger partial charge in [-0.2, -0.15) is 0 Å². The fraction of sp³-hybridized carbons (Fsp3) is 0. The van der Waals surface area contributed by atoms with Crippen molar-refractivity contribution in [3.8, 4) is 0 Å². The predicted octanol–water partition coefficient (Wildman–Crippen LogP) is -1.56. The second-order valence-corrected chi connectivity index (χ2v) is 1.07. The van der Waals surface area contributed by atoms with Crippen molar-refractivity contribution in [3.63, 3.8) is 0 Å². The molecule has 0 radical (unpaired) electrons. The van der Waals surface area contributed by atoms with Crippen molar-refractivity contribution in [1.82, 2.24) is 0 Å². The number of hydrogen-bond donors (Lipinski definition) is 0. The molecule has 8 heavy (non-hydrogen) atoms. The zero-order chi connectivity index (χ0) is 5.28. The lowest BCUT2D eigenvalue weighted by atomic mass is 10.6. The van der Waals surface area contributed by atoms with Gasteiger partial charge in [-0.05, 0) is 0 Å². The minimum Gasteiger partial charge on any atom is -0.387 e. The number of cyclic esters (lactones) is 2. The van der Waals surface area contributed by atoms with Crippen molar-refractivity contribution >= 4 is 29.3 Å². The molecule has 0 saturated heterocycles. The van der Waals surface area contributed by atoms with E-state index >= 15 is 0 Å². The topological polar surface area (TPSA) is 43.4 Å². The maximum Gasteiger partial charge on any atom is 0.338 e. The van der Waals surface area contributed by atoms with Gasteiger partial charge in [-0.15, -0.1) is 0 Å². The van der Waals surface area contributed by atoms with Crippen molar-refractivity contribution < 1.29 is 14.3 Å². The number of hydrogen-bond acceptors (Lipinski definition) is 3. The molecule has 0 saturated carbocycles. The van der Waals surface area contributed by atoms with Gasteiger partial charge in [0.1, 0.15) is 0 Å². The first-order valence-corrected chi connectivity index (χ1v) is 1.73. The molecule has 42 valence electrons. The summed E-state index contributed by atoms with van der Waals surface area (Å²) >= 11 is 0. The van der Waals surface area contributed by atoms with Crippen LogP contribution in [0.1, 0.15) is 0 Å². The largest absolute Gasteiger partial charge is 0.387 e. The van der Waals surface area contributed by atoms with Gasteiger partial charge >= 0.3 is 11.9 Å². The lowest BCUT2D eigenvalue weighted by Crippen LogP contribution is -1.96. The third-order valence-electron chi connectivity index (χ3n) is 0.557. The molecule has 0 N–H and O–H groups in total. The molecule has 0 aliphatic carbocycles. The standard InChI is InChI=1S/C4H2O3.Al.3H/c5-3-1-2-4(6)7-3;;;;/h1-2H;;;;. The normalized spacial score (nSPS) is 15.5. The Labute approximate surface area is 56.4 Å². The highest BCUT2D eigenvalue weighted by Crippen LogP contribution is 1.92. The molecule has 0 aromatic carbocycles. The van der Waals surface area contributed by atoms with Gasteiger partial charge in [0.25, 0.3) is 0 Å². The molecule has 0 bridgehead atoms. The average Bonchev–Trinajstić information content (AvgIpc) is 1.87. The Balaban J connectivity index is 0.000000490. The molecule has 3 nitrogen and oxygen atoms in total. The van der Waals surface area contributed by atoms with Crippen LogP contribution in [-0.2, 0) is 14.3 Å². The highest BCUT2D eigenvalue weighted by atomic mass is 27.0. The van der Waals surface area contributed by atoms with Gasteiger partial charge in [-0.3, -0.25) is 0 Å². The van der Waals surface area contributed by atoms with Crippen molar-refractivity contribution in [2.75, 3.05) is 0 Å². The molecule has 4 heteroatoms. The van der Waals surface area contributed by atoms with Crippen molar-refractivity contribution in [1.29, 1.82) is 0 Å². The van der Waals surface area contributed by atoms with E-state index in [0.717, 1.165) is 12.2 Å². The second kappa shape index (κ2) is 2.65. The van der Waals surface area contributed by atoms with E-state index in [0.29, 0.717) is 0 Å². The summed E-state index contributed by atoms with van der Waals surface area (Å²) in [5.41, 5.74) is 0. The van der Waals surface area contributed by atoms with Gasteiger partial charge in [0.2, 0.25) is 0 Å². The fourth-order valence-electron chi connectivity index (χ4n) is 0.303. The monoisotopic (exact) mass is 128 g/mol. The summed E-state index contributed by atoms with van der Waals surface area (Å²) in [5.74, 6) is -1.16. The van der Waals surface area contributed by atoms with Gasteiger partial charge in [-0.25, -0.2) is 9.59 Å². The first-order valence-electron chi connectivity index (χ1n) is 1.73. The summed E-state index contributed by atoms with van der Waals surface area (Å²) in [6.07, 6.45) is 2.17. The first kappa shape index (κ1) is 7.41. The van der Waals surface area contributed by atoms with Crippen LogP contribution in [0.4, 0.5) is 0 Å². The molecular weight excluding hydrogens is 123 g/mol. The Morgan fingerprint density at radius 3 is 1.62 bits per heavy atom. The SMILES string of the molecule is O=C1C=CC(=O)O1.[AlH3]. The van der Waals surface area contributed by atoms with Crippen molar-refractivity contribution in [2.24, 2.45) is 0 Å². The van der Waals surface area contributed by atoms with Crippen LogP contribution >= 0.6 is 0 Å². The van der Waals surface area contributed by atoms with E-state index in [-0.39, 0.29) is 17.4 Å². The fourth-order valence-corrected chi connectivity index (χ4v) is 0.303. The summed E-state index contributed by atoms with van der Waals surface area (Å²) in [5, 5.41) is 0. The quantitative estimate of drug-likeness (QED) is 0.225. The van der Waals surface area contributed by atoms with Gasteiger partial charge in [-0.1, -0.05) is 0 Å². The number of esters is 2. The van der Waals surface area contributed by atoms with Gasteiger partial charge in [0.15, 0.2) is 17.4 Å². The molecular formula is C4H5AlO3. The van der Waals surface area contributed by atoms with Crippen molar-refractivity contribution in [3.05, 3.63) is 12.2 Å². The Morgan fingerprint density at radius 2 is 1.50 bits per heavy atom. The van der Waals surface area contributed by atoms with Gasteiger partial charge in [0.05, 0.1) is 0 Å². The highest BCUT2D eigenvalue weighted by molar-refractivity contribution is 6.04. The third kappa shape index (κ3) is 1.49. The second-order valence-electron chi connectivity index (χ2n) is 1.07. The minimum atomic E-state index is -0.579. The maximum absolute atomic E-state index is 9.92. The van der Waals surface area contributed by atoms with E-state index in [1.165, 1.54) is 0 Å². The Bertz CT molecular complexity index is 133. The lowest BCUT2D eigenvalue weighted by molar-refractivity contribution is -0.150. The Hall–Kier alpha value is -0.588. The summed E-state index contributed by atoms with van der Waals surface area (Å²) in [7, 11) is 0. The van der Waals surface area contributed by atoms with Crippen LogP contribution in [0.3, 0.4) is 0 Å². The molecule has 0 aromatic heterocycles. The first-order chi connectivity index (χ1) is 3.29. The number of ether oxygens (including phenoxy) is 1. The summed E-state index contributed by atoms with van der Waals surface area (Å²) in [6, 6.07) is 0. The van der Waals surface area contributed by atoms with Crippen LogP contribution in [0, 0.1) is 0 Å². The van der Waals surface area contributed by atoms with E-state index in [4.69, 9.17) is 0 Å². The molecule has 1 aliphatic heterocycles. The molecule has 0 spiro atoms. The molecule has 0 atom stereocenters. The smallest absolute Gasteiger partial charge is 0.338 e. The van der Waals surface area contributed by atoms with Gasteiger partial charge < -0.3 is 4.74 Å². The average molecular weight is 128 g/mol. The molecule has 0 aromatic rings. The number of rotatable bonds is 0. The lowest BCUT2D eigenvalue weighted by Gasteiger charge is -1.80. The minimum absolute atomic E-state index is 0. The van der Waals surface area contributed by atoms with E-state index in [2.05, 4.69) is 4.74 Å². The molecule has 0 amide bonds.